The van der Waals surface area contributed by atoms with E-state index in [2.05, 4.69) is 10.1 Å². The molecule has 0 unspecified atom stereocenters. The molecule has 1 aromatic rings. The summed E-state index contributed by atoms with van der Waals surface area (Å²) in [5, 5.41) is 3.34. The van der Waals surface area contributed by atoms with Gasteiger partial charge in [-0.25, -0.2) is 4.79 Å². The molecule has 4 heteroatoms. The molecule has 1 aliphatic carbocycles. The normalized spacial score (nSPS) is 22.7. The van der Waals surface area contributed by atoms with E-state index >= 15 is 0 Å². The van der Waals surface area contributed by atoms with Crippen LogP contribution in [0.25, 0.3) is 0 Å². The molecule has 0 aliphatic heterocycles. The molecule has 1 aliphatic rings. The van der Waals surface area contributed by atoms with Gasteiger partial charge in [0.1, 0.15) is 0 Å². The summed E-state index contributed by atoms with van der Waals surface area (Å²) in [7, 11) is 1.38. The van der Waals surface area contributed by atoms with Crippen LogP contribution in [0.15, 0.2) is 24.3 Å². The van der Waals surface area contributed by atoms with Crippen LogP contribution in [-0.4, -0.2) is 25.7 Å². The van der Waals surface area contributed by atoms with Crippen molar-refractivity contribution in [2.45, 2.75) is 18.9 Å². The average Bonchev–Trinajstić information content (AvgIpc) is 2.33. The standard InChI is InChI=1S/C13H18N2O2/c1-17-13(16)10-2-4-12(5-3-10)15-8-9-6-11(14)7-9/h2-5,9,11,15H,6-8,14H2,1H3. The van der Waals surface area contributed by atoms with Crippen molar-refractivity contribution in [2.75, 3.05) is 19.0 Å². The van der Waals surface area contributed by atoms with Crippen molar-refractivity contribution in [3.05, 3.63) is 29.8 Å². The van der Waals surface area contributed by atoms with Crippen molar-refractivity contribution in [1.29, 1.82) is 0 Å². The molecule has 0 radical (unpaired) electrons. The van der Waals surface area contributed by atoms with Gasteiger partial charge in [0.15, 0.2) is 0 Å². The van der Waals surface area contributed by atoms with Gasteiger partial charge in [0.25, 0.3) is 0 Å². The fourth-order valence-corrected chi connectivity index (χ4v) is 2.06. The molecule has 0 heterocycles. The third-order valence-electron chi connectivity index (χ3n) is 3.17. The van der Waals surface area contributed by atoms with Crippen molar-refractivity contribution in [2.24, 2.45) is 11.7 Å². The molecule has 0 bridgehead atoms. The van der Waals surface area contributed by atoms with Gasteiger partial charge in [-0.05, 0) is 43.0 Å². The minimum absolute atomic E-state index is 0.304. The number of ether oxygens (including phenoxy) is 1. The number of methoxy groups -OCH3 is 1. The maximum atomic E-state index is 11.2. The van der Waals surface area contributed by atoms with Crippen LogP contribution in [0.4, 0.5) is 5.69 Å². The number of benzene rings is 1. The number of rotatable bonds is 4. The van der Waals surface area contributed by atoms with E-state index in [-0.39, 0.29) is 5.97 Å². The summed E-state index contributed by atoms with van der Waals surface area (Å²) in [5.74, 6) is 0.381. The zero-order valence-corrected chi connectivity index (χ0v) is 9.98. The van der Waals surface area contributed by atoms with E-state index in [0.717, 1.165) is 25.1 Å². The lowest BCUT2D eigenvalue weighted by Crippen LogP contribution is -2.39. The molecule has 0 aromatic heterocycles. The topological polar surface area (TPSA) is 64.3 Å². The summed E-state index contributed by atoms with van der Waals surface area (Å²) < 4.78 is 4.64. The van der Waals surface area contributed by atoms with E-state index in [4.69, 9.17) is 5.73 Å². The Hall–Kier alpha value is -1.55. The molecule has 0 amide bonds. The van der Waals surface area contributed by atoms with Crippen LogP contribution in [-0.2, 0) is 4.74 Å². The molecule has 92 valence electrons. The monoisotopic (exact) mass is 234 g/mol. The van der Waals surface area contributed by atoms with Crippen molar-refractivity contribution in [1.82, 2.24) is 0 Å². The molecule has 1 aromatic carbocycles. The maximum absolute atomic E-state index is 11.2. The van der Waals surface area contributed by atoms with Gasteiger partial charge in [-0.15, -0.1) is 0 Å². The van der Waals surface area contributed by atoms with Crippen LogP contribution >= 0.6 is 0 Å². The molecule has 1 fully saturated rings. The van der Waals surface area contributed by atoms with E-state index in [1.165, 1.54) is 7.11 Å². The van der Waals surface area contributed by atoms with Gasteiger partial charge in [0, 0.05) is 18.3 Å². The molecule has 0 atom stereocenters. The smallest absolute Gasteiger partial charge is 0.337 e. The Balaban J connectivity index is 1.83. The van der Waals surface area contributed by atoms with Gasteiger partial charge in [-0.1, -0.05) is 0 Å². The van der Waals surface area contributed by atoms with Gasteiger partial charge in [0.2, 0.25) is 0 Å². The zero-order chi connectivity index (χ0) is 12.3. The number of carbonyl (C=O) groups excluding carboxylic acids is 1. The number of carbonyl (C=O) groups is 1. The second kappa shape index (κ2) is 5.19. The van der Waals surface area contributed by atoms with Crippen molar-refractivity contribution >= 4 is 11.7 Å². The van der Waals surface area contributed by atoms with Crippen molar-refractivity contribution in [3.63, 3.8) is 0 Å². The van der Waals surface area contributed by atoms with E-state index < -0.39 is 0 Å². The number of nitrogens with two attached hydrogens (primary N) is 1. The first kappa shape index (κ1) is 11.9. The van der Waals surface area contributed by atoms with Crippen molar-refractivity contribution in [3.8, 4) is 0 Å². The Bertz CT molecular complexity index is 383. The largest absolute Gasteiger partial charge is 0.465 e. The molecule has 2 rings (SSSR count). The Kier molecular flexibility index (Phi) is 3.64. The Labute approximate surface area is 101 Å². The molecule has 1 saturated carbocycles. The number of hydrogen-bond acceptors (Lipinski definition) is 4. The quantitative estimate of drug-likeness (QED) is 0.777. The lowest BCUT2D eigenvalue weighted by Gasteiger charge is -2.32. The molecular formula is C13H18N2O2. The van der Waals surface area contributed by atoms with Gasteiger partial charge >= 0.3 is 5.97 Å². The molecule has 0 saturated heterocycles. The van der Waals surface area contributed by atoms with E-state index in [9.17, 15) is 4.79 Å². The zero-order valence-electron chi connectivity index (χ0n) is 9.98. The molecule has 17 heavy (non-hydrogen) atoms. The molecule has 0 spiro atoms. The van der Waals surface area contributed by atoms with Crippen LogP contribution in [0.3, 0.4) is 0 Å². The summed E-state index contributed by atoms with van der Waals surface area (Å²) in [5.41, 5.74) is 7.33. The average molecular weight is 234 g/mol. The van der Waals surface area contributed by atoms with Gasteiger partial charge in [-0.2, -0.15) is 0 Å². The number of nitrogens with one attached hydrogen (secondary N) is 1. The van der Waals surface area contributed by atoms with E-state index in [1.54, 1.807) is 12.1 Å². The minimum Gasteiger partial charge on any atom is -0.465 e. The number of hydrogen-bond donors (Lipinski definition) is 2. The summed E-state index contributed by atoms with van der Waals surface area (Å²) >= 11 is 0. The van der Waals surface area contributed by atoms with E-state index in [0.29, 0.717) is 17.5 Å². The highest BCUT2D eigenvalue weighted by Gasteiger charge is 2.25. The Morgan fingerprint density at radius 3 is 2.59 bits per heavy atom. The highest BCUT2D eigenvalue weighted by atomic mass is 16.5. The van der Waals surface area contributed by atoms with Crippen molar-refractivity contribution < 1.29 is 9.53 Å². The number of anilines is 1. The van der Waals surface area contributed by atoms with Crippen LogP contribution in [0, 0.1) is 5.92 Å². The number of esters is 1. The lowest BCUT2D eigenvalue weighted by molar-refractivity contribution is 0.0601. The maximum Gasteiger partial charge on any atom is 0.337 e. The predicted octanol–water partition coefficient (Wildman–Crippen LogP) is 1.62. The summed E-state index contributed by atoms with van der Waals surface area (Å²) in [6.45, 7) is 0.950. The van der Waals surface area contributed by atoms with Gasteiger partial charge in [-0.3, -0.25) is 0 Å². The fourth-order valence-electron chi connectivity index (χ4n) is 2.06. The summed E-state index contributed by atoms with van der Waals surface area (Å²) in [6.07, 6.45) is 2.21. The Morgan fingerprint density at radius 2 is 2.06 bits per heavy atom. The first-order chi connectivity index (χ1) is 8.19. The fraction of sp³-hybridized carbons (Fsp3) is 0.462. The van der Waals surface area contributed by atoms with E-state index in [1.807, 2.05) is 12.1 Å². The van der Waals surface area contributed by atoms with Crippen LogP contribution in [0.2, 0.25) is 0 Å². The first-order valence-electron chi connectivity index (χ1n) is 5.87. The molecular weight excluding hydrogens is 216 g/mol. The highest BCUT2D eigenvalue weighted by Crippen LogP contribution is 2.25. The molecule has 4 nitrogen and oxygen atoms in total. The predicted molar refractivity (Wildman–Crippen MR) is 67.0 cm³/mol. The van der Waals surface area contributed by atoms with Crippen LogP contribution < -0.4 is 11.1 Å². The highest BCUT2D eigenvalue weighted by molar-refractivity contribution is 5.89. The molecule has 3 N–H and O–H groups in total. The summed E-state index contributed by atoms with van der Waals surface area (Å²) in [4.78, 5) is 11.2. The second-order valence-corrected chi connectivity index (χ2v) is 4.55. The van der Waals surface area contributed by atoms with Crippen LogP contribution in [0.5, 0.6) is 0 Å². The third-order valence-corrected chi connectivity index (χ3v) is 3.17. The minimum atomic E-state index is -0.304. The lowest BCUT2D eigenvalue weighted by atomic mass is 9.81. The van der Waals surface area contributed by atoms with Crippen LogP contribution in [0.1, 0.15) is 23.2 Å². The first-order valence-corrected chi connectivity index (χ1v) is 5.87. The summed E-state index contributed by atoms with van der Waals surface area (Å²) in [6, 6.07) is 7.71. The van der Waals surface area contributed by atoms with Gasteiger partial charge in [0.05, 0.1) is 12.7 Å². The second-order valence-electron chi connectivity index (χ2n) is 4.55. The third kappa shape index (κ3) is 2.97. The Morgan fingerprint density at radius 1 is 1.41 bits per heavy atom. The SMILES string of the molecule is COC(=O)c1ccc(NCC2CC(N)C2)cc1. The van der Waals surface area contributed by atoms with Gasteiger partial charge < -0.3 is 15.8 Å².